The van der Waals surface area contributed by atoms with Gasteiger partial charge in [-0.05, 0) is 64.2 Å². The summed E-state index contributed by atoms with van der Waals surface area (Å²) in [5, 5.41) is 0. The van der Waals surface area contributed by atoms with E-state index >= 15 is 0 Å². The number of amides is 1. The highest BCUT2D eigenvalue weighted by atomic mass is 16.5. The molecule has 0 aliphatic rings. The van der Waals surface area contributed by atoms with Crippen molar-refractivity contribution in [2.24, 2.45) is 0 Å². The fourth-order valence-electron chi connectivity index (χ4n) is 5.37. The van der Waals surface area contributed by atoms with Crippen LogP contribution in [0.25, 0.3) is 0 Å². The molecular weight excluding hydrogens is 530 g/mol. The predicted molar refractivity (Wildman–Crippen MR) is 187 cm³/mol. The average Bonchev–Trinajstić information content (AvgIpc) is 3.00. The molecule has 0 saturated carbocycles. The molecule has 252 valence electrons. The summed E-state index contributed by atoms with van der Waals surface area (Å²) in [5.41, 5.74) is 0. The molecule has 0 rings (SSSR count). The maximum Gasteiger partial charge on any atom is 0.305 e. The van der Waals surface area contributed by atoms with Crippen molar-refractivity contribution >= 4 is 11.9 Å². The van der Waals surface area contributed by atoms with E-state index in [9.17, 15) is 9.59 Å². The summed E-state index contributed by atoms with van der Waals surface area (Å²) in [7, 11) is 1.82. The minimum Gasteiger partial charge on any atom is -0.464 e. The first kappa shape index (κ1) is 41.4. The van der Waals surface area contributed by atoms with E-state index in [0.717, 1.165) is 25.7 Å². The highest BCUT2D eigenvalue weighted by molar-refractivity contribution is 5.75. The van der Waals surface area contributed by atoms with Gasteiger partial charge in [0.1, 0.15) is 6.61 Å². The molecule has 0 aliphatic heterocycles. The minimum absolute atomic E-state index is 0.129. The van der Waals surface area contributed by atoms with Crippen LogP contribution in [0.5, 0.6) is 0 Å². The molecule has 0 bridgehead atoms. The van der Waals surface area contributed by atoms with Crippen LogP contribution >= 0.6 is 0 Å². The predicted octanol–water partition coefficient (Wildman–Crippen LogP) is 12.1. The van der Waals surface area contributed by atoms with Crippen molar-refractivity contribution in [2.45, 2.75) is 194 Å². The van der Waals surface area contributed by atoms with Crippen LogP contribution in [0.3, 0.4) is 0 Å². The van der Waals surface area contributed by atoms with Gasteiger partial charge >= 0.3 is 5.97 Å². The van der Waals surface area contributed by atoms with Gasteiger partial charge < -0.3 is 9.64 Å². The molecule has 0 unspecified atom stereocenters. The van der Waals surface area contributed by atoms with Crippen molar-refractivity contribution in [1.82, 2.24) is 4.90 Å². The molecule has 0 aromatic heterocycles. The average molecular weight is 604 g/mol. The summed E-state index contributed by atoms with van der Waals surface area (Å²) in [6, 6.07) is 0. The smallest absolute Gasteiger partial charge is 0.305 e. The van der Waals surface area contributed by atoms with Crippen LogP contribution in [0.1, 0.15) is 194 Å². The van der Waals surface area contributed by atoms with Crippen molar-refractivity contribution < 1.29 is 14.3 Å². The topological polar surface area (TPSA) is 46.6 Å². The molecule has 0 radical (unpaired) electrons. The molecule has 4 heteroatoms. The molecule has 0 N–H and O–H groups in total. The monoisotopic (exact) mass is 604 g/mol. The van der Waals surface area contributed by atoms with Gasteiger partial charge in [-0.15, -0.1) is 0 Å². The highest BCUT2D eigenvalue weighted by Gasteiger charge is 2.09. The van der Waals surface area contributed by atoms with E-state index in [4.69, 9.17) is 4.74 Å². The van der Waals surface area contributed by atoms with Crippen molar-refractivity contribution in [1.29, 1.82) is 0 Å². The molecule has 0 aromatic carbocycles. The van der Waals surface area contributed by atoms with Crippen LogP contribution in [-0.2, 0) is 14.3 Å². The summed E-state index contributed by atoms with van der Waals surface area (Å²) < 4.78 is 5.37. The number of unbranched alkanes of at least 4 members (excludes halogenated alkanes) is 22. The van der Waals surface area contributed by atoms with Gasteiger partial charge in [0, 0.05) is 19.9 Å². The maximum absolute atomic E-state index is 12.4. The fourth-order valence-corrected chi connectivity index (χ4v) is 5.37. The Morgan fingerprint density at radius 2 is 0.837 bits per heavy atom. The molecule has 1 amide bonds. The second-order valence-corrected chi connectivity index (χ2v) is 12.7. The number of allylic oxidation sites excluding steroid dienone is 4. The SMILES string of the molecule is CCCCCCCC/C=C/CCCCCCCC(=O)OCCN(C)C(=O)CCCCCCC/C=C/CCCCCCCC. The molecule has 0 spiro atoms. The minimum atomic E-state index is -0.129. The van der Waals surface area contributed by atoms with Crippen LogP contribution in [0.2, 0.25) is 0 Å². The lowest BCUT2D eigenvalue weighted by atomic mass is 10.1. The van der Waals surface area contributed by atoms with Crippen LogP contribution in [0.15, 0.2) is 24.3 Å². The number of rotatable bonds is 33. The van der Waals surface area contributed by atoms with E-state index < -0.39 is 0 Å². The van der Waals surface area contributed by atoms with Crippen LogP contribution in [0, 0.1) is 0 Å². The van der Waals surface area contributed by atoms with Gasteiger partial charge in [0.25, 0.3) is 0 Å². The molecule has 0 heterocycles. The Labute approximate surface area is 268 Å². The first-order valence-corrected chi connectivity index (χ1v) is 18.8. The van der Waals surface area contributed by atoms with Crippen molar-refractivity contribution in [2.75, 3.05) is 20.2 Å². The molecule has 0 saturated heterocycles. The Balaban J connectivity index is 3.46. The number of nitrogens with zero attached hydrogens (tertiary/aromatic N) is 1. The summed E-state index contributed by atoms with van der Waals surface area (Å²) >= 11 is 0. The lowest BCUT2D eigenvalue weighted by Gasteiger charge is -2.17. The van der Waals surface area contributed by atoms with E-state index in [-0.39, 0.29) is 11.9 Å². The number of hydrogen-bond donors (Lipinski definition) is 0. The number of likely N-dealkylation sites (N-methyl/N-ethyl adjacent to an activating group) is 1. The largest absolute Gasteiger partial charge is 0.464 e. The van der Waals surface area contributed by atoms with Crippen molar-refractivity contribution in [3.8, 4) is 0 Å². The standard InChI is InChI=1S/C39H73NO3/c1-4-6-8-10-12-14-16-18-20-22-24-26-28-30-32-34-38(41)40(3)36-37-43-39(42)35-33-31-29-27-25-23-21-19-17-15-13-11-9-7-5-2/h18-21H,4-17,22-37H2,1-3H3/b20-18+,21-19+. The Morgan fingerprint density at radius 1 is 0.488 bits per heavy atom. The fraction of sp³-hybridized carbons (Fsp3) is 0.846. The molecule has 0 aromatic rings. The Kier molecular flexibility index (Phi) is 33.6. The summed E-state index contributed by atoms with van der Waals surface area (Å²) in [6.45, 7) is 5.33. The third-order valence-corrected chi connectivity index (χ3v) is 8.41. The molecule has 4 nitrogen and oxygen atoms in total. The number of carbonyl (C=O) groups excluding carboxylic acids is 2. The number of ether oxygens (including phenoxy) is 1. The Morgan fingerprint density at radius 3 is 1.26 bits per heavy atom. The van der Waals surface area contributed by atoms with Crippen LogP contribution < -0.4 is 0 Å². The van der Waals surface area contributed by atoms with Gasteiger partial charge in [-0.3, -0.25) is 9.59 Å². The second kappa shape index (κ2) is 34.9. The molecule has 0 atom stereocenters. The number of esters is 1. The van der Waals surface area contributed by atoms with Gasteiger partial charge in [0.05, 0.1) is 6.54 Å². The van der Waals surface area contributed by atoms with E-state index in [0.29, 0.717) is 26.0 Å². The highest BCUT2D eigenvalue weighted by Crippen LogP contribution is 2.12. The zero-order chi connectivity index (χ0) is 31.5. The summed E-state index contributed by atoms with van der Waals surface area (Å²) in [5.74, 6) is 0.0293. The van der Waals surface area contributed by atoms with Crippen LogP contribution in [-0.4, -0.2) is 37.0 Å². The zero-order valence-corrected chi connectivity index (χ0v) is 29.2. The van der Waals surface area contributed by atoms with E-state index in [2.05, 4.69) is 38.2 Å². The van der Waals surface area contributed by atoms with Gasteiger partial charge in [-0.1, -0.05) is 141 Å². The summed E-state index contributed by atoms with van der Waals surface area (Å²) in [4.78, 5) is 26.1. The molecule has 43 heavy (non-hydrogen) atoms. The number of carbonyl (C=O) groups is 2. The lowest BCUT2D eigenvalue weighted by Crippen LogP contribution is -2.30. The van der Waals surface area contributed by atoms with Gasteiger partial charge in [0.15, 0.2) is 0 Å². The number of hydrogen-bond acceptors (Lipinski definition) is 3. The quantitative estimate of drug-likeness (QED) is 0.0426. The molecular formula is C39H73NO3. The molecule has 0 aliphatic carbocycles. The van der Waals surface area contributed by atoms with Crippen LogP contribution in [0.4, 0.5) is 0 Å². The first-order chi connectivity index (χ1) is 21.1. The first-order valence-electron chi connectivity index (χ1n) is 18.8. The lowest BCUT2D eigenvalue weighted by molar-refractivity contribution is -0.145. The maximum atomic E-state index is 12.4. The van der Waals surface area contributed by atoms with Gasteiger partial charge in [0.2, 0.25) is 5.91 Å². The molecule has 0 fully saturated rings. The Hall–Kier alpha value is -1.58. The zero-order valence-electron chi connectivity index (χ0n) is 29.2. The Bertz CT molecular complexity index is 657. The second-order valence-electron chi connectivity index (χ2n) is 12.7. The van der Waals surface area contributed by atoms with E-state index in [1.165, 1.54) is 141 Å². The van der Waals surface area contributed by atoms with E-state index in [1.807, 2.05) is 7.05 Å². The van der Waals surface area contributed by atoms with Crippen molar-refractivity contribution in [3.63, 3.8) is 0 Å². The van der Waals surface area contributed by atoms with Gasteiger partial charge in [-0.2, -0.15) is 0 Å². The normalized spacial score (nSPS) is 11.6. The third kappa shape index (κ3) is 33.2. The summed E-state index contributed by atoms with van der Waals surface area (Å²) in [6.07, 6.45) is 43.2. The third-order valence-electron chi connectivity index (χ3n) is 8.41. The van der Waals surface area contributed by atoms with E-state index in [1.54, 1.807) is 4.90 Å². The van der Waals surface area contributed by atoms with Gasteiger partial charge in [-0.25, -0.2) is 0 Å². The van der Waals surface area contributed by atoms with Crippen molar-refractivity contribution in [3.05, 3.63) is 24.3 Å².